The van der Waals surface area contributed by atoms with Gasteiger partial charge in [0.05, 0.1) is 15.2 Å². The maximum absolute atomic E-state index is 12.5. The molecule has 0 spiro atoms. The van der Waals surface area contributed by atoms with Crippen LogP contribution < -0.4 is 5.32 Å². The Hall–Kier alpha value is -1.62. The van der Waals surface area contributed by atoms with Gasteiger partial charge in [0.1, 0.15) is 0 Å². The Morgan fingerprint density at radius 2 is 2.26 bits per heavy atom. The van der Waals surface area contributed by atoms with Crippen LogP contribution in [0.5, 0.6) is 0 Å². The van der Waals surface area contributed by atoms with E-state index in [0.29, 0.717) is 11.8 Å². The molecule has 122 valence electrons. The highest BCUT2D eigenvalue weighted by Gasteiger charge is 2.27. The van der Waals surface area contributed by atoms with Crippen LogP contribution in [0, 0.1) is 5.92 Å². The molecule has 1 N–H and O–H groups in total. The molecule has 4 rings (SSSR count). The number of anilines is 1. The Balaban J connectivity index is 1.47. The average molecular weight is 329 g/mol. The molecule has 1 aliphatic heterocycles. The number of rotatable bonds is 3. The zero-order chi connectivity index (χ0) is 15.8. The lowest BCUT2D eigenvalue weighted by atomic mass is 9.96. The van der Waals surface area contributed by atoms with Crippen molar-refractivity contribution in [2.45, 2.75) is 44.9 Å². The van der Waals surface area contributed by atoms with Gasteiger partial charge in [-0.05, 0) is 49.8 Å². The molecule has 2 fully saturated rings. The molecule has 1 saturated carbocycles. The second kappa shape index (κ2) is 6.11. The van der Waals surface area contributed by atoms with Crippen LogP contribution >= 0.6 is 11.3 Å². The molecule has 2 aliphatic rings. The van der Waals surface area contributed by atoms with Crippen molar-refractivity contribution in [1.82, 2.24) is 9.88 Å². The number of piperidine rings is 1. The van der Waals surface area contributed by atoms with E-state index in [1.807, 2.05) is 17.0 Å². The van der Waals surface area contributed by atoms with Crippen molar-refractivity contribution < 1.29 is 4.79 Å². The summed E-state index contributed by atoms with van der Waals surface area (Å²) in [6.07, 6.45) is 6.07. The zero-order valence-corrected chi connectivity index (χ0v) is 14.4. The van der Waals surface area contributed by atoms with Gasteiger partial charge < -0.3 is 10.2 Å². The minimum Gasteiger partial charge on any atom is -0.324 e. The third-order valence-electron chi connectivity index (χ3n) is 4.97. The Morgan fingerprint density at radius 3 is 3.04 bits per heavy atom. The largest absolute Gasteiger partial charge is 0.324 e. The van der Waals surface area contributed by atoms with Crippen molar-refractivity contribution >= 4 is 33.3 Å². The molecule has 1 aromatic heterocycles. The number of urea groups is 1. The van der Waals surface area contributed by atoms with E-state index in [1.54, 1.807) is 11.3 Å². The summed E-state index contributed by atoms with van der Waals surface area (Å²) in [6.45, 7) is 3.97. The van der Waals surface area contributed by atoms with Crippen LogP contribution in [0.4, 0.5) is 10.5 Å². The van der Waals surface area contributed by atoms with Crippen LogP contribution in [0.25, 0.3) is 10.2 Å². The summed E-state index contributed by atoms with van der Waals surface area (Å²) in [5.41, 5.74) is 1.94. The lowest BCUT2D eigenvalue weighted by Crippen LogP contribution is -2.42. The van der Waals surface area contributed by atoms with Gasteiger partial charge in [0.25, 0.3) is 0 Å². The number of carbonyl (C=O) groups excluding carboxylic acids is 1. The van der Waals surface area contributed by atoms with Crippen LogP contribution in [-0.2, 0) is 0 Å². The highest BCUT2D eigenvalue weighted by atomic mass is 32.1. The number of nitrogens with zero attached hydrogens (tertiary/aromatic N) is 2. The maximum Gasteiger partial charge on any atom is 0.321 e. The number of amides is 2. The fraction of sp³-hybridized carbons (Fsp3) is 0.556. The highest BCUT2D eigenvalue weighted by molar-refractivity contribution is 7.18. The first kappa shape index (κ1) is 14.9. The molecule has 4 nitrogen and oxygen atoms in total. The number of nitrogens with one attached hydrogen (secondary N) is 1. The molecule has 2 amide bonds. The molecular weight excluding hydrogens is 306 g/mol. The van der Waals surface area contributed by atoms with E-state index in [9.17, 15) is 4.79 Å². The SMILES string of the molecule is CC[C@@H]1CCCN(C(=O)Nc2ccc3nc(C4CC4)sc3c2)C1. The normalized spacial score (nSPS) is 21.6. The summed E-state index contributed by atoms with van der Waals surface area (Å²) in [5, 5.41) is 4.32. The lowest BCUT2D eigenvalue weighted by molar-refractivity contribution is 0.176. The van der Waals surface area contributed by atoms with Crippen LogP contribution in [0.3, 0.4) is 0 Å². The minimum absolute atomic E-state index is 0.0365. The van der Waals surface area contributed by atoms with Crippen molar-refractivity contribution in [3.05, 3.63) is 23.2 Å². The Labute approximate surface area is 140 Å². The van der Waals surface area contributed by atoms with Gasteiger partial charge in [0.15, 0.2) is 0 Å². The Bertz CT molecular complexity index is 722. The number of likely N-dealkylation sites (tertiary alicyclic amines) is 1. The van der Waals surface area contributed by atoms with Crippen LogP contribution in [0.1, 0.15) is 50.0 Å². The fourth-order valence-corrected chi connectivity index (χ4v) is 4.49. The molecule has 5 heteroatoms. The lowest BCUT2D eigenvalue weighted by Gasteiger charge is -2.32. The summed E-state index contributed by atoms with van der Waals surface area (Å²) < 4.78 is 1.18. The predicted molar refractivity (Wildman–Crippen MR) is 95.2 cm³/mol. The fourth-order valence-electron chi connectivity index (χ4n) is 3.31. The Kier molecular flexibility index (Phi) is 3.97. The predicted octanol–water partition coefficient (Wildman–Crippen LogP) is 4.83. The van der Waals surface area contributed by atoms with E-state index in [0.717, 1.165) is 37.1 Å². The average Bonchev–Trinajstić information content (AvgIpc) is 3.34. The first-order valence-electron chi connectivity index (χ1n) is 8.69. The molecule has 1 aromatic carbocycles. The van der Waals surface area contributed by atoms with Crippen molar-refractivity contribution in [3.63, 3.8) is 0 Å². The summed E-state index contributed by atoms with van der Waals surface area (Å²) >= 11 is 1.77. The van der Waals surface area contributed by atoms with Gasteiger partial charge in [0, 0.05) is 24.7 Å². The molecule has 1 atom stereocenters. The quantitative estimate of drug-likeness (QED) is 0.877. The van der Waals surface area contributed by atoms with Crippen LogP contribution in [0.2, 0.25) is 0 Å². The number of fused-ring (bicyclic) bond motifs is 1. The summed E-state index contributed by atoms with van der Waals surface area (Å²) in [6, 6.07) is 6.10. The van der Waals surface area contributed by atoms with Gasteiger partial charge in [-0.15, -0.1) is 11.3 Å². The van der Waals surface area contributed by atoms with Gasteiger partial charge in [-0.3, -0.25) is 0 Å². The maximum atomic E-state index is 12.5. The third-order valence-corrected chi connectivity index (χ3v) is 6.15. The van der Waals surface area contributed by atoms with E-state index in [1.165, 1.54) is 29.0 Å². The molecule has 0 bridgehead atoms. The van der Waals surface area contributed by atoms with Gasteiger partial charge in [0.2, 0.25) is 0 Å². The summed E-state index contributed by atoms with van der Waals surface area (Å²) in [5.74, 6) is 1.34. The number of benzene rings is 1. The van der Waals surface area contributed by atoms with E-state index < -0.39 is 0 Å². The second-order valence-electron chi connectivity index (χ2n) is 6.80. The van der Waals surface area contributed by atoms with Crippen molar-refractivity contribution in [2.24, 2.45) is 5.92 Å². The molecule has 2 aromatic rings. The number of thiazole rings is 1. The summed E-state index contributed by atoms with van der Waals surface area (Å²) in [4.78, 5) is 19.2. The molecule has 0 unspecified atom stereocenters. The zero-order valence-electron chi connectivity index (χ0n) is 13.5. The molecule has 1 aliphatic carbocycles. The van der Waals surface area contributed by atoms with Gasteiger partial charge in [-0.25, -0.2) is 9.78 Å². The number of aromatic nitrogens is 1. The number of hydrogen-bond donors (Lipinski definition) is 1. The standard InChI is InChI=1S/C18H23N3OS/c1-2-12-4-3-9-21(11-12)18(22)19-14-7-8-15-16(10-14)23-17(20-15)13-5-6-13/h7-8,10,12-13H,2-6,9,11H2,1H3,(H,19,22)/t12-/m1/s1. The smallest absolute Gasteiger partial charge is 0.321 e. The van der Waals surface area contributed by atoms with Crippen LogP contribution in [0.15, 0.2) is 18.2 Å². The van der Waals surface area contributed by atoms with Gasteiger partial charge >= 0.3 is 6.03 Å². The topological polar surface area (TPSA) is 45.2 Å². The number of hydrogen-bond acceptors (Lipinski definition) is 3. The van der Waals surface area contributed by atoms with E-state index in [2.05, 4.69) is 18.3 Å². The first-order valence-corrected chi connectivity index (χ1v) is 9.51. The van der Waals surface area contributed by atoms with E-state index in [-0.39, 0.29) is 6.03 Å². The molecule has 0 radical (unpaired) electrons. The molecule has 1 saturated heterocycles. The van der Waals surface area contributed by atoms with Gasteiger partial charge in [-0.1, -0.05) is 13.3 Å². The van der Waals surface area contributed by atoms with Crippen LogP contribution in [-0.4, -0.2) is 29.0 Å². The highest BCUT2D eigenvalue weighted by Crippen LogP contribution is 2.43. The second-order valence-corrected chi connectivity index (χ2v) is 7.86. The third kappa shape index (κ3) is 3.20. The number of carbonyl (C=O) groups is 1. The van der Waals surface area contributed by atoms with Crippen molar-refractivity contribution in [1.29, 1.82) is 0 Å². The van der Waals surface area contributed by atoms with Crippen molar-refractivity contribution in [2.75, 3.05) is 18.4 Å². The molecule has 2 heterocycles. The van der Waals surface area contributed by atoms with Gasteiger partial charge in [-0.2, -0.15) is 0 Å². The van der Waals surface area contributed by atoms with Crippen molar-refractivity contribution in [3.8, 4) is 0 Å². The summed E-state index contributed by atoms with van der Waals surface area (Å²) in [7, 11) is 0. The van der Waals surface area contributed by atoms with E-state index >= 15 is 0 Å². The Morgan fingerprint density at radius 1 is 1.39 bits per heavy atom. The molecular formula is C18H23N3OS. The minimum atomic E-state index is 0.0365. The monoisotopic (exact) mass is 329 g/mol. The molecule has 23 heavy (non-hydrogen) atoms. The van der Waals surface area contributed by atoms with E-state index in [4.69, 9.17) is 4.98 Å². The first-order chi connectivity index (χ1) is 11.2.